The molecule has 8 heteroatoms. The van der Waals surface area contributed by atoms with Crippen molar-refractivity contribution >= 4 is 11.6 Å². The lowest BCUT2D eigenvalue weighted by molar-refractivity contribution is -0.385. The molecule has 2 rings (SSSR count). The van der Waals surface area contributed by atoms with E-state index >= 15 is 0 Å². The van der Waals surface area contributed by atoms with Crippen molar-refractivity contribution in [2.75, 3.05) is 20.0 Å². The van der Waals surface area contributed by atoms with Gasteiger partial charge in [0.15, 0.2) is 5.69 Å². The third-order valence-corrected chi connectivity index (χ3v) is 2.92. The Labute approximate surface area is 120 Å². The summed E-state index contributed by atoms with van der Waals surface area (Å²) in [5.41, 5.74) is 6.16. The molecule has 0 atom stereocenters. The Morgan fingerprint density at radius 2 is 1.95 bits per heavy atom. The van der Waals surface area contributed by atoms with Crippen LogP contribution in [0.3, 0.4) is 0 Å². The highest BCUT2D eigenvalue weighted by molar-refractivity contribution is 5.77. The monoisotopic (exact) mass is 290 g/mol. The molecule has 0 radical (unpaired) electrons. The van der Waals surface area contributed by atoms with E-state index in [-0.39, 0.29) is 23.0 Å². The number of nitro groups is 1. The second-order valence-corrected chi connectivity index (χ2v) is 4.19. The Hall–Kier alpha value is -2.90. The predicted molar refractivity (Wildman–Crippen MR) is 76.4 cm³/mol. The van der Waals surface area contributed by atoms with Gasteiger partial charge in [0.2, 0.25) is 5.95 Å². The van der Waals surface area contributed by atoms with Gasteiger partial charge in [0.1, 0.15) is 17.2 Å². The van der Waals surface area contributed by atoms with Crippen LogP contribution in [0.1, 0.15) is 5.69 Å². The number of aryl methyl sites for hydroxylation is 1. The molecule has 2 aromatic rings. The van der Waals surface area contributed by atoms with Gasteiger partial charge in [0, 0.05) is 11.6 Å². The first kappa shape index (κ1) is 14.5. The third kappa shape index (κ3) is 2.69. The Kier molecular flexibility index (Phi) is 3.88. The lowest BCUT2D eigenvalue weighted by atomic mass is 10.1. The zero-order valence-electron chi connectivity index (χ0n) is 11.8. The molecule has 1 heterocycles. The SMILES string of the molecule is COc1ccc(-c2nc(N)nc(C)c2[N+](=O)[O-])c(OC)c1. The summed E-state index contributed by atoms with van der Waals surface area (Å²) in [5, 5.41) is 11.3. The minimum absolute atomic E-state index is 0.0361. The van der Waals surface area contributed by atoms with Gasteiger partial charge in [-0.1, -0.05) is 0 Å². The Bertz CT molecular complexity index is 703. The van der Waals surface area contributed by atoms with E-state index in [2.05, 4.69) is 9.97 Å². The van der Waals surface area contributed by atoms with Crippen LogP contribution >= 0.6 is 0 Å². The minimum Gasteiger partial charge on any atom is -0.497 e. The molecule has 0 aliphatic carbocycles. The van der Waals surface area contributed by atoms with E-state index in [0.29, 0.717) is 17.1 Å². The molecule has 0 bridgehead atoms. The minimum atomic E-state index is -0.534. The van der Waals surface area contributed by atoms with Crippen LogP contribution in [0.4, 0.5) is 11.6 Å². The van der Waals surface area contributed by atoms with Gasteiger partial charge in [-0.05, 0) is 19.1 Å². The fraction of sp³-hybridized carbons (Fsp3) is 0.231. The maximum Gasteiger partial charge on any atom is 0.316 e. The van der Waals surface area contributed by atoms with Crippen LogP contribution in [0.15, 0.2) is 18.2 Å². The van der Waals surface area contributed by atoms with Crippen molar-refractivity contribution in [1.29, 1.82) is 0 Å². The molecule has 110 valence electrons. The highest BCUT2D eigenvalue weighted by Crippen LogP contribution is 2.38. The van der Waals surface area contributed by atoms with Crippen molar-refractivity contribution in [3.05, 3.63) is 34.0 Å². The van der Waals surface area contributed by atoms with Crippen LogP contribution in [0.2, 0.25) is 0 Å². The summed E-state index contributed by atoms with van der Waals surface area (Å²) < 4.78 is 10.4. The second-order valence-electron chi connectivity index (χ2n) is 4.19. The van der Waals surface area contributed by atoms with E-state index in [4.69, 9.17) is 15.2 Å². The Morgan fingerprint density at radius 3 is 2.52 bits per heavy atom. The number of hydrogen-bond acceptors (Lipinski definition) is 7. The maximum absolute atomic E-state index is 11.3. The van der Waals surface area contributed by atoms with Crippen LogP contribution in [-0.4, -0.2) is 29.1 Å². The molecule has 0 saturated heterocycles. The number of methoxy groups -OCH3 is 2. The molecule has 0 amide bonds. The molecule has 0 fully saturated rings. The van der Waals surface area contributed by atoms with Gasteiger partial charge in [-0.2, -0.15) is 0 Å². The van der Waals surface area contributed by atoms with Gasteiger partial charge >= 0.3 is 5.69 Å². The number of ether oxygens (including phenoxy) is 2. The smallest absolute Gasteiger partial charge is 0.316 e. The summed E-state index contributed by atoms with van der Waals surface area (Å²) in [6.07, 6.45) is 0. The van der Waals surface area contributed by atoms with Gasteiger partial charge in [-0.25, -0.2) is 9.97 Å². The first-order valence-corrected chi connectivity index (χ1v) is 5.98. The number of nitrogens with zero attached hydrogens (tertiary/aromatic N) is 3. The summed E-state index contributed by atoms with van der Waals surface area (Å²) in [4.78, 5) is 18.6. The normalized spacial score (nSPS) is 10.2. The van der Waals surface area contributed by atoms with Gasteiger partial charge in [-0.3, -0.25) is 10.1 Å². The molecule has 2 N–H and O–H groups in total. The molecule has 0 spiro atoms. The number of nitrogens with two attached hydrogens (primary N) is 1. The fourth-order valence-electron chi connectivity index (χ4n) is 1.99. The number of aromatic nitrogens is 2. The zero-order chi connectivity index (χ0) is 15.6. The van der Waals surface area contributed by atoms with E-state index in [1.165, 1.54) is 21.1 Å². The van der Waals surface area contributed by atoms with Crippen LogP contribution in [0.25, 0.3) is 11.3 Å². The second kappa shape index (κ2) is 5.61. The van der Waals surface area contributed by atoms with Crippen molar-refractivity contribution in [1.82, 2.24) is 9.97 Å². The lowest BCUT2D eigenvalue weighted by Gasteiger charge is -2.11. The van der Waals surface area contributed by atoms with Crippen molar-refractivity contribution in [3.63, 3.8) is 0 Å². The number of hydrogen-bond donors (Lipinski definition) is 1. The van der Waals surface area contributed by atoms with Crippen molar-refractivity contribution in [2.24, 2.45) is 0 Å². The van der Waals surface area contributed by atoms with Gasteiger partial charge in [0.05, 0.1) is 19.1 Å². The van der Waals surface area contributed by atoms with Gasteiger partial charge < -0.3 is 15.2 Å². The number of nitrogen functional groups attached to an aromatic ring is 1. The van der Waals surface area contributed by atoms with Crippen molar-refractivity contribution in [3.8, 4) is 22.8 Å². The summed E-state index contributed by atoms with van der Waals surface area (Å²) in [6, 6.07) is 4.91. The van der Waals surface area contributed by atoms with Crippen LogP contribution in [0, 0.1) is 17.0 Å². The zero-order valence-corrected chi connectivity index (χ0v) is 11.8. The van der Waals surface area contributed by atoms with E-state index < -0.39 is 4.92 Å². The quantitative estimate of drug-likeness (QED) is 0.676. The molecule has 1 aromatic heterocycles. The molecular weight excluding hydrogens is 276 g/mol. The van der Waals surface area contributed by atoms with Crippen molar-refractivity contribution < 1.29 is 14.4 Å². The highest BCUT2D eigenvalue weighted by atomic mass is 16.6. The summed E-state index contributed by atoms with van der Waals surface area (Å²) in [7, 11) is 2.98. The Morgan fingerprint density at radius 1 is 1.24 bits per heavy atom. The van der Waals surface area contributed by atoms with Gasteiger partial charge in [-0.15, -0.1) is 0 Å². The average molecular weight is 290 g/mol. The molecule has 0 aliphatic rings. The summed E-state index contributed by atoms with van der Waals surface area (Å²) in [5.74, 6) is 0.929. The van der Waals surface area contributed by atoms with Crippen LogP contribution in [-0.2, 0) is 0 Å². The van der Waals surface area contributed by atoms with E-state index in [1.54, 1.807) is 18.2 Å². The van der Waals surface area contributed by atoms with E-state index in [0.717, 1.165) is 0 Å². The standard InChI is InChI=1S/C13H14N4O4/c1-7-12(17(18)19)11(16-13(14)15-7)9-5-4-8(20-2)6-10(9)21-3/h4-6H,1-3H3,(H2,14,15,16). The van der Waals surface area contributed by atoms with Gasteiger partial charge in [0.25, 0.3) is 0 Å². The number of benzene rings is 1. The van der Waals surface area contributed by atoms with Crippen LogP contribution in [0.5, 0.6) is 11.5 Å². The average Bonchev–Trinajstić information content (AvgIpc) is 2.45. The Balaban J connectivity index is 2.74. The van der Waals surface area contributed by atoms with E-state index in [1.807, 2.05) is 0 Å². The fourth-order valence-corrected chi connectivity index (χ4v) is 1.99. The lowest BCUT2D eigenvalue weighted by Crippen LogP contribution is -2.05. The molecule has 8 nitrogen and oxygen atoms in total. The number of anilines is 1. The summed E-state index contributed by atoms with van der Waals surface area (Å²) >= 11 is 0. The van der Waals surface area contributed by atoms with E-state index in [9.17, 15) is 10.1 Å². The first-order valence-electron chi connectivity index (χ1n) is 5.98. The first-order chi connectivity index (χ1) is 9.97. The molecule has 0 unspecified atom stereocenters. The predicted octanol–water partition coefficient (Wildman–Crippen LogP) is 1.96. The molecule has 21 heavy (non-hydrogen) atoms. The molecule has 0 saturated carbocycles. The molecule has 0 aliphatic heterocycles. The third-order valence-electron chi connectivity index (χ3n) is 2.92. The highest BCUT2D eigenvalue weighted by Gasteiger charge is 2.25. The molecular formula is C13H14N4O4. The topological polar surface area (TPSA) is 113 Å². The summed E-state index contributed by atoms with van der Waals surface area (Å²) in [6.45, 7) is 1.51. The maximum atomic E-state index is 11.3. The van der Waals surface area contributed by atoms with Crippen LogP contribution < -0.4 is 15.2 Å². The molecule has 1 aromatic carbocycles. The largest absolute Gasteiger partial charge is 0.497 e. The van der Waals surface area contributed by atoms with Crippen molar-refractivity contribution in [2.45, 2.75) is 6.92 Å². The number of rotatable bonds is 4.